The molecule has 0 aliphatic carbocycles. The highest BCUT2D eigenvalue weighted by Crippen LogP contribution is 2.22. The third-order valence-electron chi connectivity index (χ3n) is 4.67. The van der Waals surface area contributed by atoms with Crippen molar-refractivity contribution in [2.24, 2.45) is 0 Å². The molecule has 2 heterocycles. The lowest BCUT2D eigenvalue weighted by Gasteiger charge is -2.09. The smallest absolute Gasteiger partial charge is 0.251 e. The largest absolute Gasteiger partial charge is 0.395 e. The number of nitrogens with zero attached hydrogens (tertiary/aromatic N) is 3. The van der Waals surface area contributed by atoms with Crippen LogP contribution in [0.15, 0.2) is 71.9 Å². The molecule has 2 aromatic heterocycles. The molecule has 4 rings (SSSR count). The fourth-order valence-corrected chi connectivity index (χ4v) is 3.61. The van der Waals surface area contributed by atoms with Gasteiger partial charge in [-0.3, -0.25) is 9.00 Å². The van der Waals surface area contributed by atoms with Crippen molar-refractivity contribution in [3.8, 4) is 5.69 Å². The number of nitrogens with one attached hydrogen (secondary N) is 2. The summed E-state index contributed by atoms with van der Waals surface area (Å²) in [6.07, 6.45) is 5.31. The minimum absolute atomic E-state index is 0.102. The molecule has 158 valence electrons. The van der Waals surface area contributed by atoms with Crippen LogP contribution in [-0.2, 0) is 10.8 Å². The number of benzene rings is 2. The van der Waals surface area contributed by atoms with Crippen molar-refractivity contribution in [2.45, 2.75) is 4.90 Å². The fraction of sp³-hybridized carbons (Fsp3) is 0.136. The molecule has 0 spiro atoms. The lowest BCUT2D eigenvalue weighted by atomic mass is 10.2. The Labute approximate surface area is 181 Å². The van der Waals surface area contributed by atoms with Crippen molar-refractivity contribution in [3.63, 3.8) is 0 Å². The van der Waals surface area contributed by atoms with Crippen LogP contribution in [-0.4, -0.2) is 49.2 Å². The molecule has 9 heteroatoms. The van der Waals surface area contributed by atoms with Gasteiger partial charge in [-0.1, -0.05) is 0 Å². The van der Waals surface area contributed by atoms with Gasteiger partial charge in [0, 0.05) is 63.2 Å². The number of amides is 1. The third-order valence-corrected chi connectivity index (χ3v) is 5.61. The van der Waals surface area contributed by atoms with E-state index in [4.69, 9.17) is 5.11 Å². The SMILES string of the molecule is CS(=O)c1ccc(-n2ccc3cnc(Nc4ccc(C(=O)NCCO)cc4)nc32)cc1. The van der Waals surface area contributed by atoms with Crippen LogP contribution in [0, 0.1) is 0 Å². The van der Waals surface area contributed by atoms with E-state index in [9.17, 15) is 9.00 Å². The third kappa shape index (κ3) is 4.62. The Morgan fingerprint density at radius 2 is 1.84 bits per heavy atom. The highest BCUT2D eigenvalue weighted by atomic mass is 32.2. The van der Waals surface area contributed by atoms with E-state index in [1.165, 1.54) is 0 Å². The van der Waals surface area contributed by atoms with E-state index in [0.29, 0.717) is 11.5 Å². The summed E-state index contributed by atoms with van der Waals surface area (Å²) in [7, 11) is -1.03. The topological polar surface area (TPSA) is 109 Å². The standard InChI is InChI=1S/C22H21N5O3S/c1-31(30)19-8-6-18(7-9-19)27-12-10-16-14-24-22(26-20(16)27)25-17-4-2-15(3-5-17)21(29)23-11-13-28/h2-10,12,14,28H,11,13H2,1H3,(H,23,29)(H,24,25,26). The van der Waals surface area contributed by atoms with Gasteiger partial charge in [-0.25, -0.2) is 4.98 Å². The van der Waals surface area contributed by atoms with Crippen molar-refractivity contribution in [1.82, 2.24) is 19.9 Å². The van der Waals surface area contributed by atoms with Crippen LogP contribution in [0.3, 0.4) is 0 Å². The Kier molecular flexibility index (Phi) is 6.06. The molecule has 0 bridgehead atoms. The molecule has 0 fully saturated rings. The van der Waals surface area contributed by atoms with Crippen LogP contribution in [0.25, 0.3) is 16.7 Å². The lowest BCUT2D eigenvalue weighted by Crippen LogP contribution is -2.26. The van der Waals surface area contributed by atoms with Gasteiger partial charge in [-0.05, 0) is 54.6 Å². The number of anilines is 2. The summed E-state index contributed by atoms with van der Waals surface area (Å²) in [5.41, 5.74) is 2.89. The first-order chi connectivity index (χ1) is 15.0. The van der Waals surface area contributed by atoms with Gasteiger partial charge in [0.25, 0.3) is 5.91 Å². The molecule has 0 saturated heterocycles. The average Bonchev–Trinajstić information content (AvgIpc) is 3.21. The van der Waals surface area contributed by atoms with E-state index in [2.05, 4.69) is 20.6 Å². The molecular formula is C22H21N5O3S. The van der Waals surface area contributed by atoms with Gasteiger partial charge < -0.3 is 20.3 Å². The summed E-state index contributed by atoms with van der Waals surface area (Å²) in [5.74, 6) is 0.185. The minimum atomic E-state index is -1.03. The van der Waals surface area contributed by atoms with Gasteiger partial charge in [-0.2, -0.15) is 4.98 Å². The number of rotatable bonds is 7. The number of carbonyl (C=O) groups is 1. The number of hydrogen-bond donors (Lipinski definition) is 3. The Morgan fingerprint density at radius 3 is 2.52 bits per heavy atom. The van der Waals surface area contributed by atoms with Gasteiger partial charge in [0.2, 0.25) is 5.95 Å². The number of aromatic nitrogens is 3. The molecule has 1 amide bonds. The number of aliphatic hydroxyl groups excluding tert-OH is 1. The molecule has 3 N–H and O–H groups in total. The van der Waals surface area contributed by atoms with Gasteiger partial charge in [-0.15, -0.1) is 0 Å². The molecule has 4 aromatic rings. The number of carbonyl (C=O) groups excluding carboxylic acids is 1. The van der Waals surface area contributed by atoms with Crippen LogP contribution in [0.1, 0.15) is 10.4 Å². The first kappa shape index (κ1) is 20.7. The molecule has 0 aliphatic heterocycles. The predicted molar refractivity (Wildman–Crippen MR) is 120 cm³/mol. The maximum atomic E-state index is 11.9. The van der Waals surface area contributed by atoms with Gasteiger partial charge >= 0.3 is 0 Å². The molecule has 1 unspecified atom stereocenters. The normalized spacial score (nSPS) is 11.9. The Bertz CT molecular complexity index is 1240. The molecule has 8 nitrogen and oxygen atoms in total. The number of hydrogen-bond acceptors (Lipinski definition) is 6. The zero-order valence-electron chi connectivity index (χ0n) is 16.8. The fourth-order valence-electron chi connectivity index (χ4n) is 3.09. The number of fused-ring (bicyclic) bond motifs is 1. The summed E-state index contributed by atoms with van der Waals surface area (Å²) in [6.45, 7) is 0.112. The second kappa shape index (κ2) is 9.07. The Balaban J connectivity index is 1.56. The average molecular weight is 436 g/mol. The van der Waals surface area contributed by atoms with Crippen molar-refractivity contribution >= 4 is 39.4 Å². The van der Waals surface area contributed by atoms with E-state index in [1.54, 1.807) is 36.7 Å². The van der Waals surface area contributed by atoms with Crippen LogP contribution in [0.5, 0.6) is 0 Å². The van der Waals surface area contributed by atoms with Crippen molar-refractivity contribution in [3.05, 3.63) is 72.6 Å². The molecule has 31 heavy (non-hydrogen) atoms. The van der Waals surface area contributed by atoms with Crippen LogP contribution >= 0.6 is 0 Å². The second-order valence-electron chi connectivity index (χ2n) is 6.79. The molecule has 0 saturated carbocycles. The molecule has 2 aromatic carbocycles. The minimum Gasteiger partial charge on any atom is -0.395 e. The summed E-state index contributed by atoms with van der Waals surface area (Å²) in [4.78, 5) is 21.7. The summed E-state index contributed by atoms with van der Waals surface area (Å²) in [5, 5.41) is 15.5. The Hall–Kier alpha value is -3.56. The van der Waals surface area contributed by atoms with Crippen LogP contribution in [0.4, 0.5) is 11.6 Å². The van der Waals surface area contributed by atoms with Crippen molar-refractivity contribution in [2.75, 3.05) is 24.7 Å². The first-order valence-electron chi connectivity index (χ1n) is 9.59. The Morgan fingerprint density at radius 1 is 1.10 bits per heavy atom. The van der Waals surface area contributed by atoms with Crippen LogP contribution < -0.4 is 10.6 Å². The lowest BCUT2D eigenvalue weighted by molar-refractivity contribution is 0.0945. The first-order valence-corrected chi connectivity index (χ1v) is 11.1. The van der Waals surface area contributed by atoms with Gasteiger partial charge in [0.15, 0.2) is 0 Å². The second-order valence-corrected chi connectivity index (χ2v) is 8.17. The van der Waals surface area contributed by atoms with E-state index < -0.39 is 10.8 Å². The van der Waals surface area contributed by atoms with E-state index in [0.717, 1.165) is 27.3 Å². The molecule has 1 atom stereocenters. The van der Waals surface area contributed by atoms with E-state index in [-0.39, 0.29) is 19.1 Å². The van der Waals surface area contributed by atoms with E-state index in [1.807, 2.05) is 41.1 Å². The number of aliphatic hydroxyl groups is 1. The zero-order chi connectivity index (χ0) is 21.8. The molecular weight excluding hydrogens is 414 g/mol. The quantitative estimate of drug-likeness (QED) is 0.412. The van der Waals surface area contributed by atoms with Crippen molar-refractivity contribution < 1.29 is 14.1 Å². The van der Waals surface area contributed by atoms with Gasteiger partial charge in [0.1, 0.15) is 5.65 Å². The molecule has 0 aliphatic rings. The van der Waals surface area contributed by atoms with Crippen LogP contribution in [0.2, 0.25) is 0 Å². The maximum absolute atomic E-state index is 11.9. The van der Waals surface area contributed by atoms with E-state index >= 15 is 0 Å². The highest BCUT2D eigenvalue weighted by Gasteiger charge is 2.09. The maximum Gasteiger partial charge on any atom is 0.251 e. The molecule has 0 radical (unpaired) electrons. The zero-order valence-corrected chi connectivity index (χ0v) is 17.6. The summed E-state index contributed by atoms with van der Waals surface area (Å²) >= 11 is 0. The van der Waals surface area contributed by atoms with Crippen molar-refractivity contribution in [1.29, 1.82) is 0 Å². The predicted octanol–water partition coefficient (Wildman–Crippen LogP) is 2.62. The summed E-state index contributed by atoms with van der Waals surface area (Å²) in [6, 6.07) is 16.4. The van der Waals surface area contributed by atoms with Gasteiger partial charge in [0.05, 0.1) is 6.61 Å². The monoisotopic (exact) mass is 435 g/mol. The highest BCUT2D eigenvalue weighted by molar-refractivity contribution is 7.84. The summed E-state index contributed by atoms with van der Waals surface area (Å²) < 4.78 is 13.6.